The van der Waals surface area contributed by atoms with Crippen molar-refractivity contribution in [3.63, 3.8) is 0 Å². The minimum atomic E-state index is -1.83. The van der Waals surface area contributed by atoms with Crippen molar-refractivity contribution in [2.45, 2.75) is 0 Å². The minimum absolute atomic E-state index is 0. The fourth-order valence-corrected chi connectivity index (χ4v) is 0. The molecule has 0 saturated carbocycles. The molecule has 0 aliphatic heterocycles. The SMILES string of the molecule is O.O=C(O)O.[LiH].[Zr]. The molecule has 4 N–H and O–H groups in total. The number of carbonyl (C=O) groups is 1. The van der Waals surface area contributed by atoms with Crippen molar-refractivity contribution in [2.75, 3.05) is 0 Å². The summed E-state index contributed by atoms with van der Waals surface area (Å²) in [6.45, 7) is 0. The molecule has 0 aromatic heterocycles. The molecule has 0 saturated heterocycles. The summed E-state index contributed by atoms with van der Waals surface area (Å²) >= 11 is 0. The second-order valence-corrected chi connectivity index (χ2v) is 0.283. The Hall–Kier alpha value is 0.711. The van der Waals surface area contributed by atoms with Crippen LogP contribution in [0.15, 0.2) is 0 Å². The summed E-state index contributed by atoms with van der Waals surface area (Å²) in [5.41, 5.74) is 0. The van der Waals surface area contributed by atoms with Crippen LogP contribution in [0.25, 0.3) is 0 Å². The van der Waals surface area contributed by atoms with E-state index in [0.717, 1.165) is 0 Å². The van der Waals surface area contributed by atoms with Gasteiger partial charge in [0.15, 0.2) is 0 Å². The van der Waals surface area contributed by atoms with Crippen LogP contribution in [0.4, 0.5) is 4.79 Å². The Morgan fingerprint density at radius 3 is 1.29 bits per heavy atom. The van der Waals surface area contributed by atoms with Crippen LogP contribution in [0.5, 0.6) is 0 Å². The Kier molecular flexibility index (Phi) is 57.3. The maximum absolute atomic E-state index is 8.56. The van der Waals surface area contributed by atoms with Crippen LogP contribution < -0.4 is 0 Å². The molecule has 4 nitrogen and oxygen atoms in total. The van der Waals surface area contributed by atoms with Gasteiger partial charge in [-0.25, -0.2) is 4.79 Å². The van der Waals surface area contributed by atoms with Gasteiger partial charge in [0.2, 0.25) is 0 Å². The van der Waals surface area contributed by atoms with Gasteiger partial charge in [-0.3, -0.25) is 0 Å². The number of hydrogen-bond donors (Lipinski definition) is 2. The van der Waals surface area contributed by atoms with Crippen molar-refractivity contribution in [1.82, 2.24) is 0 Å². The van der Waals surface area contributed by atoms with Gasteiger partial charge in [0.05, 0.1) is 0 Å². The van der Waals surface area contributed by atoms with Crippen molar-refractivity contribution in [2.24, 2.45) is 0 Å². The molecule has 0 aromatic rings. The molecule has 0 aromatic carbocycles. The Morgan fingerprint density at radius 2 is 1.29 bits per heavy atom. The standard InChI is InChI=1S/CH2O3.Li.H2O.Zr.H/c2-1(3)4;;;;/h(H2,2,3,4);;1H2;;. The van der Waals surface area contributed by atoms with Gasteiger partial charge < -0.3 is 15.7 Å². The smallest absolute Gasteiger partial charge is 0 e. The Morgan fingerprint density at radius 1 is 1.29 bits per heavy atom. The van der Waals surface area contributed by atoms with Crippen molar-refractivity contribution >= 4 is 25.0 Å². The third-order valence-electron chi connectivity index (χ3n) is 0. The zero-order valence-corrected chi connectivity index (χ0v) is 5.26. The average Bonchev–Trinajstić information content (AvgIpc) is 0.811. The van der Waals surface area contributed by atoms with E-state index < -0.39 is 6.16 Å². The molecule has 0 unspecified atom stereocenters. The molecule has 38 valence electrons. The first-order valence-corrected chi connectivity index (χ1v) is 0.651. The second-order valence-electron chi connectivity index (χ2n) is 0.283. The van der Waals surface area contributed by atoms with E-state index in [1.165, 1.54) is 0 Å². The van der Waals surface area contributed by atoms with Crippen molar-refractivity contribution in [3.05, 3.63) is 0 Å². The van der Waals surface area contributed by atoms with Crippen LogP contribution in [0.1, 0.15) is 0 Å². The van der Waals surface area contributed by atoms with E-state index in [2.05, 4.69) is 0 Å². The van der Waals surface area contributed by atoms with Gasteiger partial charge >= 0.3 is 25.0 Å². The molecule has 0 aliphatic rings. The van der Waals surface area contributed by atoms with Gasteiger partial charge in [0, 0.05) is 26.2 Å². The predicted octanol–water partition coefficient (Wildman–Crippen LogP) is -1.25. The number of carboxylic acid groups (broad SMARTS) is 2. The van der Waals surface area contributed by atoms with E-state index in [1.54, 1.807) is 0 Å². The van der Waals surface area contributed by atoms with E-state index in [1.807, 2.05) is 0 Å². The van der Waals surface area contributed by atoms with E-state index in [0.29, 0.717) is 0 Å². The van der Waals surface area contributed by atoms with E-state index in [-0.39, 0.29) is 50.5 Å². The van der Waals surface area contributed by atoms with Gasteiger partial charge in [0.1, 0.15) is 0 Å². The average molecular weight is 179 g/mol. The topological polar surface area (TPSA) is 89.0 Å². The van der Waals surface area contributed by atoms with Crippen LogP contribution >= 0.6 is 0 Å². The monoisotopic (exact) mass is 178 g/mol. The summed E-state index contributed by atoms with van der Waals surface area (Å²) in [5, 5.41) is 13.9. The van der Waals surface area contributed by atoms with E-state index in [4.69, 9.17) is 15.0 Å². The first kappa shape index (κ1) is 25.2. The predicted molar refractivity (Wildman–Crippen MR) is 21.4 cm³/mol. The van der Waals surface area contributed by atoms with Gasteiger partial charge in [0.25, 0.3) is 0 Å². The van der Waals surface area contributed by atoms with Gasteiger partial charge in [-0.15, -0.1) is 0 Å². The fourth-order valence-electron chi connectivity index (χ4n) is 0. The molecular weight excluding hydrogens is 174 g/mol. The van der Waals surface area contributed by atoms with E-state index >= 15 is 0 Å². The van der Waals surface area contributed by atoms with Crippen LogP contribution in [-0.4, -0.2) is 40.7 Å². The Labute approximate surface area is 71.5 Å². The first-order chi connectivity index (χ1) is 1.73. The zero-order valence-electron chi connectivity index (χ0n) is 2.80. The maximum atomic E-state index is 8.56. The summed E-state index contributed by atoms with van der Waals surface area (Å²) in [6.07, 6.45) is -1.83. The molecule has 0 fully saturated rings. The largest absolute Gasteiger partial charge is 0 e. The summed E-state index contributed by atoms with van der Waals surface area (Å²) in [5.74, 6) is 0. The molecular formula is CH5LiO4Zr. The third-order valence-corrected chi connectivity index (χ3v) is 0. The van der Waals surface area contributed by atoms with Gasteiger partial charge in [-0.1, -0.05) is 0 Å². The van der Waals surface area contributed by atoms with Crippen LogP contribution in [0, 0.1) is 0 Å². The second kappa shape index (κ2) is 15.9. The van der Waals surface area contributed by atoms with Crippen LogP contribution in [0.2, 0.25) is 0 Å². The van der Waals surface area contributed by atoms with Crippen molar-refractivity contribution in [1.29, 1.82) is 0 Å². The molecule has 0 amide bonds. The molecule has 0 rings (SSSR count). The van der Waals surface area contributed by atoms with Gasteiger partial charge in [-0.2, -0.15) is 0 Å². The maximum Gasteiger partial charge on any atom is 0 e. The molecule has 0 radical (unpaired) electrons. The Balaban J connectivity index is -0.0000000150. The molecule has 0 heterocycles. The number of hydrogen-bond acceptors (Lipinski definition) is 1. The van der Waals surface area contributed by atoms with Crippen molar-refractivity contribution in [3.8, 4) is 0 Å². The number of rotatable bonds is 0. The normalized spacial score (nSPS) is 3.43. The molecule has 6 heteroatoms. The third kappa shape index (κ3) is 295. The van der Waals surface area contributed by atoms with Crippen LogP contribution in [-0.2, 0) is 26.2 Å². The minimum Gasteiger partial charge on any atom is 0 e. The summed E-state index contributed by atoms with van der Waals surface area (Å²) in [4.78, 5) is 8.56. The Bertz CT molecular complexity index is 34.7. The molecule has 7 heavy (non-hydrogen) atoms. The molecule has 0 spiro atoms. The quantitative estimate of drug-likeness (QED) is 0.455. The molecule has 0 atom stereocenters. The van der Waals surface area contributed by atoms with Crippen LogP contribution in [0.3, 0.4) is 0 Å². The van der Waals surface area contributed by atoms with Gasteiger partial charge in [-0.05, 0) is 0 Å². The fraction of sp³-hybridized carbons (Fsp3) is 0. The molecule has 0 bridgehead atoms. The van der Waals surface area contributed by atoms with Crippen molar-refractivity contribution < 1.29 is 46.7 Å². The summed E-state index contributed by atoms with van der Waals surface area (Å²) in [7, 11) is 0. The summed E-state index contributed by atoms with van der Waals surface area (Å²) < 4.78 is 0. The molecule has 0 aliphatic carbocycles. The zero-order chi connectivity index (χ0) is 3.58. The first-order valence-electron chi connectivity index (χ1n) is 0.651. The summed E-state index contributed by atoms with van der Waals surface area (Å²) in [6, 6.07) is 0. The van der Waals surface area contributed by atoms with E-state index in [9.17, 15) is 0 Å².